The van der Waals surface area contributed by atoms with Gasteiger partial charge >= 0.3 is 6.18 Å². The molecule has 0 spiro atoms. The maximum Gasteiger partial charge on any atom is 0.401 e. The van der Waals surface area contributed by atoms with Crippen LogP contribution in [-0.2, 0) is 5.54 Å². The van der Waals surface area contributed by atoms with Crippen molar-refractivity contribution in [2.75, 3.05) is 19.6 Å². The van der Waals surface area contributed by atoms with Gasteiger partial charge in [-0.2, -0.15) is 23.5 Å². The standard InChI is InChI=1S/C25H19F3N8/c26-25(27,28)15-35-13-24(14-35,5-6-29)36-9-4-19(34-36)23-17-2-1-7-30-21(17)11-20(33-23)16-10-22-18(32-12-16)3-8-31-22/h1-4,7-12,31H,5,13-15H2. The maximum atomic E-state index is 12.8. The molecule has 0 aliphatic carbocycles. The lowest BCUT2D eigenvalue weighted by Crippen LogP contribution is -2.64. The second kappa shape index (κ2) is 8.13. The van der Waals surface area contributed by atoms with Gasteiger partial charge in [-0.25, -0.2) is 4.98 Å². The number of aromatic amines is 1. The van der Waals surface area contributed by atoms with Gasteiger partial charge in [0.1, 0.15) is 16.9 Å². The zero-order valence-electron chi connectivity index (χ0n) is 18.9. The van der Waals surface area contributed by atoms with Gasteiger partial charge < -0.3 is 4.98 Å². The van der Waals surface area contributed by atoms with Crippen molar-refractivity contribution in [3.63, 3.8) is 0 Å². The van der Waals surface area contributed by atoms with Crippen LogP contribution in [0.4, 0.5) is 13.2 Å². The lowest BCUT2D eigenvalue weighted by molar-refractivity contribution is -0.167. The summed E-state index contributed by atoms with van der Waals surface area (Å²) in [6, 6.07) is 13.3. The molecule has 1 saturated heterocycles. The minimum Gasteiger partial charge on any atom is -0.360 e. The second-order valence-corrected chi connectivity index (χ2v) is 9.03. The Morgan fingerprint density at radius 3 is 2.75 bits per heavy atom. The Labute approximate surface area is 203 Å². The number of hydrogen-bond donors (Lipinski definition) is 1. The Morgan fingerprint density at radius 1 is 1.08 bits per heavy atom. The molecule has 1 fully saturated rings. The summed E-state index contributed by atoms with van der Waals surface area (Å²) in [7, 11) is 0. The lowest BCUT2D eigenvalue weighted by atomic mass is 9.87. The Morgan fingerprint density at radius 2 is 1.94 bits per heavy atom. The van der Waals surface area contributed by atoms with E-state index in [0.717, 1.165) is 27.5 Å². The first kappa shape index (κ1) is 22.2. The van der Waals surface area contributed by atoms with Crippen molar-refractivity contribution in [3.8, 4) is 28.7 Å². The van der Waals surface area contributed by atoms with Gasteiger partial charge in [0.15, 0.2) is 0 Å². The van der Waals surface area contributed by atoms with E-state index >= 15 is 0 Å². The van der Waals surface area contributed by atoms with E-state index in [9.17, 15) is 18.4 Å². The number of hydrogen-bond acceptors (Lipinski definition) is 6. The average Bonchev–Trinajstić information content (AvgIpc) is 3.50. The fourth-order valence-electron chi connectivity index (χ4n) is 4.84. The quantitative estimate of drug-likeness (QED) is 0.391. The van der Waals surface area contributed by atoms with Crippen molar-refractivity contribution in [1.82, 2.24) is 34.6 Å². The summed E-state index contributed by atoms with van der Waals surface area (Å²) in [6.45, 7) is -0.814. The van der Waals surface area contributed by atoms with Gasteiger partial charge in [-0.05, 0) is 36.4 Å². The molecule has 6 rings (SSSR count). The summed E-state index contributed by atoms with van der Waals surface area (Å²) in [5, 5.41) is 14.9. The molecule has 5 aromatic rings. The third-order valence-electron chi connectivity index (χ3n) is 6.46. The molecule has 0 unspecified atom stereocenters. The van der Waals surface area contributed by atoms with Crippen LogP contribution in [-0.4, -0.2) is 60.4 Å². The number of nitriles is 1. The minimum absolute atomic E-state index is 0.0556. The number of halogens is 3. The summed E-state index contributed by atoms with van der Waals surface area (Å²) in [5.74, 6) is 0. The first-order valence-corrected chi connectivity index (χ1v) is 11.3. The number of nitrogens with one attached hydrogen (secondary N) is 1. The van der Waals surface area contributed by atoms with Crippen LogP contribution in [0.25, 0.3) is 44.6 Å². The molecule has 0 saturated carbocycles. The molecule has 0 atom stereocenters. The number of rotatable bonds is 5. The Kier molecular flexibility index (Phi) is 5.01. The van der Waals surface area contributed by atoms with E-state index in [1.807, 2.05) is 36.5 Å². The number of H-pyrrole nitrogens is 1. The number of fused-ring (bicyclic) bond motifs is 2. The van der Waals surface area contributed by atoms with E-state index in [0.29, 0.717) is 17.1 Å². The monoisotopic (exact) mass is 488 g/mol. The van der Waals surface area contributed by atoms with Gasteiger partial charge in [0.2, 0.25) is 0 Å². The highest BCUT2D eigenvalue weighted by atomic mass is 19.4. The van der Waals surface area contributed by atoms with E-state index in [2.05, 4.69) is 21.0 Å². The van der Waals surface area contributed by atoms with Crippen LogP contribution in [0, 0.1) is 11.3 Å². The van der Waals surface area contributed by atoms with Crippen LogP contribution in [0.3, 0.4) is 0 Å². The van der Waals surface area contributed by atoms with Gasteiger partial charge in [0, 0.05) is 48.8 Å². The fraction of sp³-hybridized carbons (Fsp3) is 0.240. The van der Waals surface area contributed by atoms with Crippen LogP contribution in [0.2, 0.25) is 0 Å². The third kappa shape index (κ3) is 3.85. The highest BCUT2D eigenvalue weighted by Crippen LogP contribution is 2.36. The molecular formula is C25H19F3N8. The van der Waals surface area contributed by atoms with Crippen molar-refractivity contribution in [2.45, 2.75) is 18.1 Å². The summed E-state index contributed by atoms with van der Waals surface area (Å²) < 4.78 is 40.1. The van der Waals surface area contributed by atoms with E-state index in [1.54, 1.807) is 29.3 Å². The van der Waals surface area contributed by atoms with Crippen LogP contribution < -0.4 is 0 Å². The highest BCUT2D eigenvalue weighted by molar-refractivity contribution is 5.94. The second-order valence-electron chi connectivity index (χ2n) is 9.03. The number of pyridine rings is 3. The molecule has 0 bridgehead atoms. The smallest absolute Gasteiger partial charge is 0.360 e. The molecule has 0 radical (unpaired) electrons. The first-order chi connectivity index (χ1) is 17.3. The Hall–Kier alpha value is -4.30. The van der Waals surface area contributed by atoms with Gasteiger partial charge in [-0.3, -0.25) is 19.5 Å². The molecule has 1 aliphatic heterocycles. The molecule has 1 N–H and O–H groups in total. The average molecular weight is 488 g/mol. The first-order valence-electron chi connectivity index (χ1n) is 11.3. The van der Waals surface area contributed by atoms with Crippen LogP contribution in [0.5, 0.6) is 0 Å². The molecule has 5 aromatic heterocycles. The summed E-state index contributed by atoms with van der Waals surface area (Å²) in [5.41, 5.74) is 4.27. The molecule has 0 aromatic carbocycles. The van der Waals surface area contributed by atoms with Crippen molar-refractivity contribution in [2.24, 2.45) is 0 Å². The SMILES string of the molecule is N#CCC1(n2ccc(-c3nc(-c4cnc5cc[nH]c5c4)cc4ncccc34)n2)CN(CC(F)(F)F)C1. The number of likely N-dealkylation sites (tertiary alicyclic amines) is 1. The van der Waals surface area contributed by atoms with E-state index in [-0.39, 0.29) is 19.5 Å². The van der Waals surface area contributed by atoms with Crippen molar-refractivity contribution in [3.05, 3.63) is 61.2 Å². The van der Waals surface area contributed by atoms with Crippen LogP contribution in [0.1, 0.15) is 6.42 Å². The minimum atomic E-state index is -4.29. The molecule has 11 heteroatoms. The van der Waals surface area contributed by atoms with E-state index < -0.39 is 18.3 Å². The van der Waals surface area contributed by atoms with Crippen LogP contribution >= 0.6 is 0 Å². The molecule has 36 heavy (non-hydrogen) atoms. The molecule has 6 heterocycles. The van der Waals surface area contributed by atoms with Crippen molar-refractivity contribution < 1.29 is 13.2 Å². The number of nitrogens with zero attached hydrogens (tertiary/aromatic N) is 7. The topological polar surface area (TPSA) is 99.3 Å². The Bertz CT molecular complexity index is 1620. The van der Waals surface area contributed by atoms with Gasteiger partial charge in [-0.15, -0.1) is 0 Å². The normalized spacial score (nSPS) is 15.7. The number of alkyl halides is 3. The van der Waals surface area contributed by atoms with Gasteiger partial charge in [0.05, 0.1) is 41.3 Å². The molecular weight excluding hydrogens is 469 g/mol. The highest BCUT2D eigenvalue weighted by Gasteiger charge is 2.48. The van der Waals surface area contributed by atoms with Crippen molar-refractivity contribution >= 4 is 21.9 Å². The lowest BCUT2D eigenvalue weighted by Gasteiger charge is -2.49. The summed E-state index contributed by atoms with van der Waals surface area (Å²) in [6.07, 6.45) is 2.75. The fourth-order valence-corrected chi connectivity index (χ4v) is 4.84. The zero-order valence-corrected chi connectivity index (χ0v) is 18.9. The molecule has 0 amide bonds. The maximum absolute atomic E-state index is 12.8. The largest absolute Gasteiger partial charge is 0.401 e. The molecule has 1 aliphatic rings. The van der Waals surface area contributed by atoms with Gasteiger partial charge in [-0.1, -0.05) is 0 Å². The van der Waals surface area contributed by atoms with E-state index in [4.69, 9.17) is 10.1 Å². The summed E-state index contributed by atoms with van der Waals surface area (Å²) in [4.78, 5) is 18.3. The predicted molar refractivity (Wildman–Crippen MR) is 127 cm³/mol. The predicted octanol–water partition coefficient (Wildman–Crippen LogP) is 4.52. The van der Waals surface area contributed by atoms with Gasteiger partial charge in [0.25, 0.3) is 0 Å². The van der Waals surface area contributed by atoms with E-state index in [1.165, 1.54) is 4.90 Å². The molecule has 8 nitrogen and oxygen atoms in total. The Balaban J connectivity index is 1.40. The number of aromatic nitrogens is 6. The van der Waals surface area contributed by atoms with Crippen LogP contribution in [0.15, 0.2) is 61.2 Å². The zero-order chi connectivity index (χ0) is 24.9. The third-order valence-corrected chi connectivity index (χ3v) is 6.46. The van der Waals surface area contributed by atoms with Crippen molar-refractivity contribution in [1.29, 1.82) is 5.26 Å². The molecule has 180 valence electrons. The summed E-state index contributed by atoms with van der Waals surface area (Å²) >= 11 is 0.